The van der Waals surface area contributed by atoms with Gasteiger partial charge >= 0.3 is 0 Å². The number of hydrogen-bond acceptors (Lipinski definition) is 6. The number of thiophene rings is 1. The van der Waals surface area contributed by atoms with E-state index in [1.165, 1.54) is 16.6 Å². The summed E-state index contributed by atoms with van der Waals surface area (Å²) in [4.78, 5) is 22.1. The molecule has 7 heteroatoms. The second-order valence-corrected chi connectivity index (χ2v) is 7.84. The van der Waals surface area contributed by atoms with Crippen LogP contribution in [0, 0.1) is 25.2 Å². The lowest BCUT2D eigenvalue weighted by Gasteiger charge is -2.09. The van der Waals surface area contributed by atoms with Crippen molar-refractivity contribution in [3.05, 3.63) is 33.5 Å². The van der Waals surface area contributed by atoms with Crippen molar-refractivity contribution in [1.29, 1.82) is 5.26 Å². The lowest BCUT2D eigenvalue weighted by atomic mass is 9.96. The molecule has 0 atom stereocenters. The number of thioether (sulfide) groups is 1. The Labute approximate surface area is 149 Å². The quantitative estimate of drug-likeness (QED) is 0.667. The highest BCUT2D eigenvalue weighted by molar-refractivity contribution is 7.99. The van der Waals surface area contributed by atoms with E-state index in [1.807, 2.05) is 19.9 Å². The first-order valence-electron chi connectivity index (χ1n) is 7.86. The van der Waals surface area contributed by atoms with E-state index in [2.05, 4.69) is 21.4 Å². The van der Waals surface area contributed by atoms with Crippen molar-refractivity contribution in [1.82, 2.24) is 9.97 Å². The Morgan fingerprint density at radius 3 is 2.75 bits per heavy atom. The second kappa shape index (κ2) is 7.32. The molecule has 2 aromatic rings. The first kappa shape index (κ1) is 16.9. The molecular weight excluding hydrogens is 340 g/mol. The number of carbonyl (C=O) groups excluding carboxylic acids is 1. The Morgan fingerprint density at radius 1 is 1.33 bits per heavy atom. The fourth-order valence-corrected chi connectivity index (χ4v) is 4.83. The van der Waals surface area contributed by atoms with Gasteiger partial charge in [-0.2, -0.15) is 5.26 Å². The van der Waals surface area contributed by atoms with Gasteiger partial charge < -0.3 is 5.32 Å². The van der Waals surface area contributed by atoms with Crippen LogP contribution in [-0.4, -0.2) is 21.6 Å². The highest BCUT2D eigenvalue weighted by atomic mass is 32.2. The molecule has 0 fully saturated rings. The highest BCUT2D eigenvalue weighted by Gasteiger charge is 2.21. The molecule has 2 aromatic heterocycles. The molecule has 0 saturated carbocycles. The van der Waals surface area contributed by atoms with Crippen LogP contribution in [-0.2, 0) is 17.6 Å². The van der Waals surface area contributed by atoms with E-state index in [-0.39, 0.29) is 11.7 Å². The largest absolute Gasteiger partial charge is 0.316 e. The number of carbonyl (C=O) groups is 1. The van der Waals surface area contributed by atoms with Crippen LogP contribution in [0.25, 0.3) is 0 Å². The van der Waals surface area contributed by atoms with Gasteiger partial charge in [-0.25, -0.2) is 9.97 Å². The number of aromatic nitrogens is 2. The van der Waals surface area contributed by atoms with Crippen LogP contribution >= 0.6 is 23.1 Å². The summed E-state index contributed by atoms with van der Waals surface area (Å²) in [7, 11) is 0. The second-order valence-electron chi connectivity index (χ2n) is 5.80. The Kier molecular flexibility index (Phi) is 5.17. The monoisotopic (exact) mass is 358 g/mol. The van der Waals surface area contributed by atoms with E-state index >= 15 is 0 Å². The first-order chi connectivity index (χ1) is 11.6. The van der Waals surface area contributed by atoms with Gasteiger partial charge in [0, 0.05) is 16.3 Å². The van der Waals surface area contributed by atoms with Gasteiger partial charge in [0.05, 0.1) is 11.3 Å². The third-order valence-corrected chi connectivity index (χ3v) is 5.88. The topological polar surface area (TPSA) is 78.7 Å². The number of nitrogens with one attached hydrogen (secondary N) is 1. The fraction of sp³-hybridized carbons (Fsp3) is 0.412. The summed E-state index contributed by atoms with van der Waals surface area (Å²) < 4.78 is 0. The Morgan fingerprint density at radius 2 is 2.04 bits per heavy atom. The molecule has 5 nitrogen and oxygen atoms in total. The number of amides is 1. The van der Waals surface area contributed by atoms with Crippen molar-refractivity contribution < 1.29 is 4.79 Å². The minimum Gasteiger partial charge on any atom is -0.316 e. The molecule has 0 aliphatic heterocycles. The summed E-state index contributed by atoms with van der Waals surface area (Å²) in [6.45, 7) is 3.82. The SMILES string of the molecule is Cc1cc(C)nc(SCC(=O)Nc2sc3c(c2C#N)CCCC3)n1. The maximum Gasteiger partial charge on any atom is 0.235 e. The molecule has 1 aliphatic carbocycles. The summed E-state index contributed by atoms with van der Waals surface area (Å²) in [5.41, 5.74) is 3.57. The average molecular weight is 358 g/mol. The molecule has 0 aromatic carbocycles. The molecule has 0 saturated heterocycles. The van der Waals surface area contributed by atoms with Crippen molar-refractivity contribution >= 4 is 34.0 Å². The standard InChI is InChI=1S/C17H18N4OS2/c1-10-7-11(2)20-17(19-10)23-9-15(22)21-16-13(8-18)12-5-3-4-6-14(12)24-16/h7H,3-6,9H2,1-2H3,(H,21,22). The zero-order valence-corrected chi connectivity index (χ0v) is 15.3. The van der Waals surface area contributed by atoms with Gasteiger partial charge in [-0.3, -0.25) is 4.79 Å². The van der Waals surface area contributed by atoms with Crippen LogP contribution < -0.4 is 5.32 Å². The van der Waals surface area contributed by atoms with Gasteiger partial charge in [-0.15, -0.1) is 11.3 Å². The highest BCUT2D eigenvalue weighted by Crippen LogP contribution is 2.37. The maximum atomic E-state index is 12.2. The van der Waals surface area contributed by atoms with Crippen LogP contribution in [0.1, 0.15) is 40.2 Å². The minimum atomic E-state index is -0.127. The predicted molar refractivity (Wildman–Crippen MR) is 96.5 cm³/mol. The summed E-state index contributed by atoms with van der Waals surface area (Å²) in [5.74, 6) is 0.105. The number of hydrogen-bond donors (Lipinski definition) is 1. The predicted octanol–water partition coefficient (Wildman–Crippen LogP) is 3.64. The third kappa shape index (κ3) is 3.77. The van der Waals surface area contributed by atoms with Gasteiger partial charge in [-0.05, 0) is 51.2 Å². The number of fused-ring (bicyclic) bond motifs is 1. The van der Waals surface area contributed by atoms with Crippen molar-refractivity contribution in [2.75, 3.05) is 11.1 Å². The van der Waals surface area contributed by atoms with Gasteiger partial charge in [0.15, 0.2) is 5.16 Å². The number of nitrogens with zero attached hydrogens (tertiary/aromatic N) is 3. The zero-order chi connectivity index (χ0) is 17.1. The van der Waals surface area contributed by atoms with E-state index < -0.39 is 0 Å². The third-order valence-electron chi connectivity index (χ3n) is 3.83. The van der Waals surface area contributed by atoms with Crippen molar-refractivity contribution in [3.8, 4) is 6.07 Å². The molecule has 1 aliphatic rings. The number of rotatable bonds is 4. The smallest absolute Gasteiger partial charge is 0.235 e. The lowest BCUT2D eigenvalue weighted by molar-refractivity contribution is -0.113. The van der Waals surface area contributed by atoms with Crippen LogP contribution in [0.3, 0.4) is 0 Å². The summed E-state index contributed by atoms with van der Waals surface area (Å²) >= 11 is 2.86. The Hall–Kier alpha value is -1.91. The normalized spacial score (nSPS) is 13.2. The molecule has 0 radical (unpaired) electrons. The van der Waals surface area contributed by atoms with Crippen molar-refractivity contribution in [3.63, 3.8) is 0 Å². The molecule has 0 unspecified atom stereocenters. The molecule has 1 amide bonds. The minimum absolute atomic E-state index is 0.127. The van der Waals surface area contributed by atoms with Gasteiger partial charge in [0.25, 0.3) is 0 Å². The number of anilines is 1. The van der Waals surface area contributed by atoms with E-state index in [1.54, 1.807) is 11.3 Å². The fourth-order valence-electron chi connectivity index (χ4n) is 2.82. The van der Waals surface area contributed by atoms with Crippen LogP contribution in [0.15, 0.2) is 11.2 Å². The van der Waals surface area contributed by atoms with Gasteiger partial charge in [0.2, 0.25) is 5.91 Å². The zero-order valence-electron chi connectivity index (χ0n) is 13.7. The molecule has 124 valence electrons. The van der Waals surface area contributed by atoms with E-state index in [0.29, 0.717) is 15.7 Å². The van der Waals surface area contributed by atoms with E-state index in [0.717, 1.165) is 42.6 Å². The molecule has 0 spiro atoms. The maximum absolute atomic E-state index is 12.2. The van der Waals surface area contributed by atoms with E-state index in [4.69, 9.17) is 0 Å². The molecule has 24 heavy (non-hydrogen) atoms. The summed E-state index contributed by atoms with van der Waals surface area (Å²) in [6, 6.07) is 4.16. The molecule has 2 heterocycles. The molecular formula is C17H18N4OS2. The first-order valence-corrected chi connectivity index (χ1v) is 9.66. The van der Waals surface area contributed by atoms with E-state index in [9.17, 15) is 10.1 Å². The molecule has 0 bridgehead atoms. The lowest BCUT2D eigenvalue weighted by Crippen LogP contribution is -2.14. The Balaban J connectivity index is 1.67. The number of nitriles is 1. The summed E-state index contributed by atoms with van der Waals surface area (Å²) in [5, 5.41) is 13.6. The average Bonchev–Trinajstić information content (AvgIpc) is 2.89. The van der Waals surface area contributed by atoms with Crippen LogP contribution in [0.5, 0.6) is 0 Å². The Bertz CT molecular complexity index is 802. The van der Waals surface area contributed by atoms with Crippen molar-refractivity contribution in [2.45, 2.75) is 44.7 Å². The van der Waals surface area contributed by atoms with Gasteiger partial charge in [0.1, 0.15) is 11.1 Å². The van der Waals surface area contributed by atoms with Crippen LogP contribution in [0.2, 0.25) is 0 Å². The number of aryl methyl sites for hydroxylation is 3. The van der Waals surface area contributed by atoms with Crippen LogP contribution in [0.4, 0.5) is 5.00 Å². The van der Waals surface area contributed by atoms with Gasteiger partial charge in [-0.1, -0.05) is 11.8 Å². The molecule has 3 rings (SSSR count). The molecule has 1 N–H and O–H groups in total. The van der Waals surface area contributed by atoms with Crippen molar-refractivity contribution in [2.24, 2.45) is 0 Å². The summed E-state index contributed by atoms with van der Waals surface area (Å²) in [6.07, 6.45) is 4.23.